The van der Waals surface area contributed by atoms with Gasteiger partial charge in [0.1, 0.15) is 5.75 Å². The van der Waals surface area contributed by atoms with Gasteiger partial charge in [0, 0.05) is 5.56 Å². The first-order chi connectivity index (χ1) is 11.4. The highest BCUT2D eigenvalue weighted by atomic mass is 16.5. The summed E-state index contributed by atoms with van der Waals surface area (Å²) < 4.78 is 11.3. The van der Waals surface area contributed by atoms with E-state index in [2.05, 4.69) is 10.2 Å². The number of hydrogen-bond donors (Lipinski definition) is 1. The van der Waals surface area contributed by atoms with E-state index in [-0.39, 0.29) is 6.61 Å². The van der Waals surface area contributed by atoms with E-state index >= 15 is 0 Å². The summed E-state index contributed by atoms with van der Waals surface area (Å²) in [4.78, 5) is 0. The molecule has 0 radical (unpaired) electrons. The highest BCUT2D eigenvalue weighted by molar-refractivity contribution is 5.52. The maximum Gasteiger partial charge on any atom is 0.254 e. The summed E-state index contributed by atoms with van der Waals surface area (Å²) in [6.07, 6.45) is 0. The molecule has 1 N–H and O–H groups in total. The molecule has 0 unspecified atom stereocenters. The van der Waals surface area contributed by atoms with Gasteiger partial charge in [-0.3, -0.25) is 0 Å². The molecule has 0 bridgehead atoms. The van der Waals surface area contributed by atoms with Crippen molar-refractivity contribution in [3.05, 3.63) is 65.5 Å². The van der Waals surface area contributed by atoms with Crippen molar-refractivity contribution in [3.63, 3.8) is 0 Å². The molecule has 0 aliphatic carbocycles. The quantitative estimate of drug-likeness (QED) is 0.772. The summed E-state index contributed by atoms with van der Waals surface area (Å²) in [5.74, 6) is 1.57. The highest BCUT2D eigenvalue weighted by Gasteiger charge is 2.15. The molecule has 5 nitrogen and oxygen atoms in total. The third kappa shape index (κ3) is 3.81. The molecule has 0 atom stereocenters. The Morgan fingerprint density at radius 3 is 2.29 bits per heavy atom. The van der Waals surface area contributed by atoms with Gasteiger partial charge in [0.25, 0.3) is 5.89 Å². The van der Waals surface area contributed by atoms with Crippen LogP contribution in [0.1, 0.15) is 30.9 Å². The molecule has 3 aromatic rings. The molecule has 0 spiro atoms. The van der Waals surface area contributed by atoms with Gasteiger partial charge < -0.3 is 14.3 Å². The smallest absolute Gasteiger partial charge is 0.254 e. The maximum absolute atomic E-state index is 9.94. The second kappa shape index (κ2) is 6.45. The van der Waals surface area contributed by atoms with Crippen LogP contribution in [0.4, 0.5) is 0 Å². The first kappa shape index (κ1) is 16.2. The predicted molar refractivity (Wildman–Crippen MR) is 90.5 cm³/mol. The van der Waals surface area contributed by atoms with E-state index in [0.29, 0.717) is 17.5 Å². The van der Waals surface area contributed by atoms with E-state index in [1.54, 1.807) is 13.8 Å². The maximum atomic E-state index is 9.94. The fraction of sp³-hybridized carbons (Fsp3) is 0.263. The number of aryl methyl sites for hydroxylation is 1. The second-order valence-corrected chi connectivity index (χ2v) is 6.24. The van der Waals surface area contributed by atoms with Crippen LogP contribution in [0.15, 0.2) is 52.9 Å². The third-order valence-corrected chi connectivity index (χ3v) is 3.69. The Hall–Kier alpha value is -2.66. The Morgan fingerprint density at radius 1 is 1.00 bits per heavy atom. The average Bonchev–Trinajstić information content (AvgIpc) is 3.02. The molecule has 3 rings (SSSR count). The molecule has 2 aromatic carbocycles. The lowest BCUT2D eigenvalue weighted by atomic mass is 9.99. The van der Waals surface area contributed by atoms with E-state index < -0.39 is 5.60 Å². The zero-order valence-electron chi connectivity index (χ0n) is 14.0. The molecule has 0 aliphatic heterocycles. The SMILES string of the molecule is Cc1ccc(-c2nnc(COc3ccc(C(C)(C)O)cc3)o2)cc1. The number of rotatable bonds is 5. The van der Waals surface area contributed by atoms with Gasteiger partial charge in [0.2, 0.25) is 5.89 Å². The molecule has 0 aliphatic rings. The molecule has 1 heterocycles. The van der Waals surface area contributed by atoms with Gasteiger partial charge in [-0.2, -0.15) is 0 Å². The van der Waals surface area contributed by atoms with Crippen molar-refractivity contribution >= 4 is 0 Å². The Balaban J connectivity index is 1.64. The minimum atomic E-state index is -0.867. The number of aromatic nitrogens is 2. The largest absolute Gasteiger partial charge is 0.484 e. The average molecular weight is 324 g/mol. The predicted octanol–water partition coefficient (Wildman–Crippen LogP) is 3.85. The van der Waals surface area contributed by atoms with Gasteiger partial charge in [-0.1, -0.05) is 29.8 Å². The van der Waals surface area contributed by atoms with Gasteiger partial charge in [-0.25, -0.2) is 0 Å². The van der Waals surface area contributed by atoms with Crippen LogP contribution in [0.5, 0.6) is 5.75 Å². The molecule has 5 heteroatoms. The summed E-state index contributed by atoms with van der Waals surface area (Å²) in [6, 6.07) is 15.2. The molecule has 1 aromatic heterocycles. The number of benzene rings is 2. The van der Waals surface area contributed by atoms with Crippen LogP contribution < -0.4 is 4.74 Å². The van der Waals surface area contributed by atoms with Crippen molar-refractivity contribution < 1.29 is 14.3 Å². The van der Waals surface area contributed by atoms with Crippen molar-refractivity contribution in [1.82, 2.24) is 10.2 Å². The lowest BCUT2D eigenvalue weighted by Gasteiger charge is -2.17. The molecular weight excluding hydrogens is 304 g/mol. The van der Waals surface area contributed by atoms with E-state index in [9.17, 15) is 5.11 Å². The fourth-order valence-electron chi connectivity index (χ4n) is 2.23. The number of ether oxygens (including phenoxy) is 1. The molecule has 0 saturated carbocycles. The number of nitrogens with zero attached hydrogens (tertiary/aromatic N) is 2. The van der Waals surface area contributed by atoms with Crippen LogP contribution in [0.25, 0.3) is 11.5 Å². The summed E-state index contributed by atoms with van der Waals surface area (Å²) in [5.41, 5.74) is 2.02. The minimum Gasteiger partial charge on any atom is -0.484 e. The topological polar surface area (TPSA) is 68.4 Å². The zero-order valence-corrected chi connectivity index (χ0v) is 14.0. The first-order valence-electron chi connectivity index (χ1n) is 7.77. The number of aliphatic hydroxyl groups is 1. The molecule has 0 saturated heterocycles. The molecule has 0 amide bonds. The second-order valence-electron chi connectivity index (χ2n) is 6.24. The summed E-state index contributed by atoms with van der Waals surface area (Å²) in [7, 11) is 0. The van der Waals surface area contributed by atoms with Crippen molar-refractivity contribution in [2.24, 2.45) is 0 Å². The molecule has 124 valence electrons. The monoisotopic (exact) mass is 324 g/mol. The van der Waals surface area contributed by atoms with Crippen LogP contribution in [-0.2, 0) is 12.2 Å². The van der Waals surface area contributed by atoms with E-state index in [1.807, 2.05) is 55.5 Å². The fourth-order valence-corrected chi connectivity index (χ4v) is 2.23. The first-order valence-corrected chi connectivity index (χ1v) is 7.77. The van der Waals surface area contributed by atoms with Crippen LogP contribution in [0.2, 0.25) is 0 Å². The van der Waals surface area contributed by atoms with Crippen LogP contribution in [-0.4, -0.2) is 15.3 Å². The Labute approximate surface area is 140 Å². The Morgan fingerprint density at radius 2 is 1.67 bits per heavy atom. The lowest BCUT2D eigenvalue weighted by molar-refractivity contribution is 0.0785. The summed E-state index contributed by atoms with van der Waals surface area (Å²) in [6.45, 7) is 5.71. The Bertz CT molecular complexity index is 800. The minimum absolute atomic E-state index is 0.195. The van der Waals surface area contributed by atoms with E-state index in [4.69, 9.17) is 9.15 Å². The van der Waals surface area contributed by atoms with E-state index in [1.165, 1.54) is 5.56 Å². The van der Waals surface area contributed by atoms with Gasteiger partial charge >= 0.3 is 0 Å². The van der Waals surface area contributed by atoms with Crippen molar-refractivity contribution in [3.8, 4) is 17.2 Å². The number of hydrogen-bond acceptors (Lipinski definition) is 5. The van der Waals surface area contributed by atoms with Crippen LogP contribution >= 0.6 is 0 Å². The Kier molecular flexibility index (Phi) is 4.36. The van der Waals surface area contributed by atoms with Crippen LogP contribution in [0, 0.1) is 6.92 Å². The normalized spacial score (nSPS) is 11.5. The molecular formula is C19H20N2O3. The molecule has 24 heavy (non-hydrogen) atoms. The third-order valence-electron chi connectivity index (χ3n) is 3.69. The van der Waals surface area contributed by atoms with Crippen molar-refractivity contribution in [1.29, 1.82) is 0 Å². The van der Waals surface area contributed by atoms with Crippen LogP contribution in [0.3, 0.4) is 0 Å². The molecule has 0 fully saturated rings. The lowest BCUT2D eigenvalue weighted by Crippen LogP contribution is -2.14. The van der Waals surface area contributed by atoms with Gasteiger partial charge in [0.05, 0.1) is 5.60 Å². The zero-order chi connectivity index (χ0) is 17.2. The van der Waals surface area contributed by atoms with Gasteiger partial charge in [-0.15, -0.1) is 10.2 Å². The van der Waals surface area contributed by atoms with Gasteiger partial charge in [-0.05, 0) is 50.6 Å². The van der Waals surface area contributed by atoms with Crippen molar-refractivity contribution in [2.75, 3.05) is 0 Å². The van der Waals surface area contributed by atoms with Crippen molar-refractivity contribution in [2.45, 2.75) is 33.0 Å². The van der Waals surface area contributed by atoms with E-state index in [0.717, 1.165) is 11.1 Å². The summed E-state index contributed by atoms with van der Waals surface area (Å²) in [5, 5.41) is 18.0. The summed E-state index contributed by atoms with van der Waals surface area (Å²) >= 11 is 0. The van der Waals surface area contributed by atoms with Gasteiger partial charge in [0.15, 0.2) is 6.61 Å². The highest BCUT2D eigenvalue weighted by Crippen LogP contribution is 2.23. The standard InChI is InChI=1S/C19H20N2O3/c1-13-4-6-14(7-5-13)18-21-20-17(24-18)12-23-16-10-8-15(9-11-16)19(2,3)22/h4-11,22H,12H2,1-3H3.